The van der Waals surface area contributed by atoms with Crippen molar-refractivity contribution in [2.45, 2.75) is 33.7 Å². The van der Waals surface area contributed by atoms with Crippen molar-refractivity contribution < 1.29 is 4.74 Å². The number of aromatic nitrogens is 2. The van der Waals surface area contributed by atoms with Crippen molar-refractivity contribution in [1.29, 1.82) is 0 Å². The Labute approximate surface area is 113 Å². The smallest absolute Gasteiger partial charge is 0.201 e. The van der Waals surface area contributed by atoms with Crippen LogP contribution < -0.4 is 10.5 Å². The Hall–Kier alpha value is -1.71. The molecule has 2 aromatic rings. The predicted molar refractivity (Wildman–Crippen MR) is 77.2 cm³/mol. The number of ether oxygens (including phenoxy) is 1. The van der Waals surface area contributed by atoms with Crippen molar-refractivity contribution in [1.82, 2.24) is 9.55 Å². The first kappa shape index (κ1) is 12.3. The van der Waals surface area contributed by atoms with Gasteiger partial charge in [0.2, 0.25) is 5.95 Å². The van der Waals surface area contributed by atoms with Gasteiger partial charge >= 0.3 is 0 Å². The van der Waals surface area contributed by atoms with Gasteiger partial charge in [0.05, 0.1) is 12.1 Å². The van der Waals surface area contributed by atoms with E-state index in [1.807, 2.05) is 19.1 Å². The third-order valence-corrected chi connectivity index (χ3v) is 4.19. The average Bonchev–Trinajstić information content (AvgIpc) is 2.82. The topological polar surface area (TPSA) is 53.1 Å². The van der Waals surface area contributed by atoms with Gasteiger partial charge in [-0.05, 0) is 36.8 Å². The molecule has 19 heavy (non-hydrogen) atoms. The number of fused-ring (bicyclic) bond motifs is 1. The number of nitrogen functional groups attached to an aromatic ring is 1. The van der Waals surface area contributed by atoms with E-state index in [9.17, 15) is 0 Å². The summed E-state index contributed by atoms with van der Waals surface area (Å²) in [5, 5.41) is 0. The minimum absolute atomic E-state index is 0.445. The molecule has 1 aromatic heterocycles. The summed E-state index contributed by atoms with van der Waals surface area (Å²) in [4.78, 5) is 4.48. The maximum atomic E-state index is 6.08. The van der Waals surface area contributed by atoms with Crippen LogP contribution >= 0.6 is 0 Å². The maximum absolute atomic E-state index is 6.08. The zero-order valence-electron chi connectivity index (χ0n) is 11.8. The molecule has 1 aromatic carbocycles. The molecule has 0 saturated heterocycles. The van der Waals surface area contributed by atoms with Crippen molar-refractivity contribution in [2.75, 3.05) is 12.3 Å². The highest BCUT2D eigenvalue weighted by Crippen LogP contribution is 2.52. The number of imidazole rings is 1. The van der Waals surface area contributed by atoms with Gasteiger partial charge in [-0.1, -0.05) is 19.9 Å². The van der Waals surface area contributed by atoms with E-state index in [2.05, 4.69) is 29.5 Å². The summed E-state index contributed by atoms with van der Waals surface area (Å²) < 4.78 is 7.74. The minimum atomic E-state index is 0.445. The number of hydrogen-bond donors (Lipinski definition) is 1. The Morgan fingerprint density at radius 2 is 2.21 bits per heavy atom. The Kier molecular flexibility index (Phi) is 2.69. The first-order valence-corrected chi connectivity index (χ1v) is 6.90. The summed E-state index contributed by atoms with van der Waals surface area (Å²) in [7, 11) is 0. The molecule has 0 amide bonds. The highest BCUT2D eigenvalue weighted by molar-refractivity contribution is 5.84. The number of hydrogen-bond acceptors (Lipinski definition) is 3. The molecule has 1 heterocycles. The fourth-order valence-electron chi connectivity index (χ4n) is 2.71. The van der Waals surface area contributed by atoms with Gasteiger partial charge in [-0.2, -0.15) is 0 Å². The van der Waals surface area contributed by atoms with Crippen LogP contribution in [0.15, 0.2) is 18.2 Å². The molecule has 1 aliphatic carbocycles. The quantitative estimate of drug-likeness (QED) is 0.918. The van der Waals surface area contributed by atoms with E-state index in [-0.39, 0.29) is 0 Å². The summed E-state index contributed by atoms with van der Waals surface area (Å²) in [5.74, 6) is 2.10. The lowest BCUT2D eigenvalue weighted by atomic mass is 10.1. The fraction of sp³-hybridized carbons (Fsp3) is 0.533. The third-order valence-electron chi connectivity index (χ3n) is 4.19. The molecular weight excluding hydrogens is 238 g/mol. The maximum Gasteiger partial charge on any atom is 0.201 e. The van der Waals surface area contributed by atoms with E-state index in [0.29, 0.717) is 23.9 Å². The lowest BCUT2D eigenvalue weighted by molar-refractivity contribution is 0.343. The number of anilines is 1. The Morgan fingerprint density at radius 1 is 1.47 bits per heavy atom. The van der Waals surface area contributed by atoms with Crippen LogP contribution in [-0.2, 0) is 6.54 Å². The van der Waals surface area contributed by atoms with Crippen molar-refractivity contribution in [3.63, 3.8) is 0 Å². The first-order chi connectivity index (χ1) is 9.03. The number of nitrogens with two attached hydrogens (primary N) is 1. The van der Waals surface area contributed by atoms with Gasteiger partial charge in [0.25, 0.3) is 0 Å². The van der Waals surface area contributed by atoms with Gasteiger partial charge in [-0.25, -0.2) is 4.98 Å². The molecule has 0 radical (unpaired) electrons. The lowest BCUT2D eigenvalue weighted by Gasteiger charge is -2.08. The highest BCUT2D eigenvalue weighted by atomic mass is 16.5. The predicted octanol–water partition coefficient (Wildman–Crippen LogP) is 3.06. The summed E-state index contributed by atoms with van der Waals surface area (Å²) in [5.41, 5.74) is 8.47. The van der Waals surface area contributed by atoms with Crippen molar-refractivity contribution in [2.24, 2.45) is 11.3 Å². The Balaban J connectivity index is 2.00. The average molecular weight is 259 g/mol. The largest absolute Gasteiger partial charge is 0.492 e. The van der Waals surface area contributed by atoms with Gasteiger partial charge in [-0.15, -0.1) is 0 Å². The second kappa shape index (κ2) is 4.15. The van der Waals surface area contributed by atoms with E-state index in [4.69, 9.17) is 10.5 Å². The van der Waals surface area contributed by atoms with Gasteiger partial charge in [0.15, 0.2) is 0 Å². The van der Waals surface area contributed by atoms with E-state index < -0.39 is 0 Å². The van der Waals surface area contributed by atoms with Crippen LogP contribution in [0.25, 0.3) is 11.0 Å². The zero-order valence-corrected chi connectivity index (χ0v) is 11.8. The molecule has 1 fully saturated rings. The molecule has 0 aliphatic heterocycles. The number of benzene rings is 1. The van der Waals surface area contributed by atoms with Crippen molar-refractivity contribution in [3.8, 4) is 5.75 Å². The molecule has 3 rings (SSSR count). The van der Waals surface area contributed by atoms with E-state index in [1.165, 1.54) is 6.42 Å². The van der Waals surface area contributed by atoms with Crippen LogP contribution in [0.1, 0.15) is 27.2 Å². The summed E-state index contributed by atoms with van der Waals surface area (Å²) in [6.07, 6.45) is 1.26. The first-order valence-electron chi connectivity index (χ1n) is 6.90. The molecule has 2 N–H and O–H groups in total. The van der Waals surface area contributed by atoms with E-state index >= 15 is 0 Å². The standard InChI is InChI=1S/C15H21N3O/c1-4-19-12-7-5-6-11-13(12)17-14(16)18(11)9-10-8-15(10,2)3/h5-7,10H,4,8-9H2,1-3H3,(H2,16,17). The summed E-state index contributed by atoms with van der Waals surface area (Å²) in [6, 6.07) is 6.02. The highest BCUT2D eigenvalue weighted by Gasteiger charge is 2.45. The Morgan fingerprint density at radius 3 is 2.84 bits per heavy atom. The van der Waals surface area contributed by atoms with E-state index in [1.54, 1.807) is 0 Å². The van der Waals surface area contributed by atoms with Crippen LogP contribution in [0.4, 0.5) is 5.95 Å². The molecular formula is C15H21N3O. The summed E-state index contributed by atoms with van der Waals surface area (Å²) >= 11 is 0. The second-order valence-electron chi connectivity index (χ2n) is 6.03. The van der Waals surface area contributed by atoms with Gasteiger partial charge in [-0.3, -0.25) is 0 Å². The van der Waals surface area contributed by atoms with Crippen LogP contribution in [0, 0.1) is 11.3 Å². The molecule has 0 spiro atoms. The zero-order chi connectivity index (χ0) is 13.6. The fourth-order valence-corrected chi connectivity index (χ4v) is 2.71. The molecule has 1 unspecified atom stereocenters. The summed E-state index contributed by atoms with van der Waals surface area (Å²) in [6.45, 7) is 8.18. The minimum Gasteiger partial charge on any atom is -0.492 e. The molecule has 4 nitrogen and oxygen atoms in total. The SMILES string of the molecule is CCOc1cccc2c1nc(N)n2CC1CC1(C)C. The van der Waals surface area contributed by atoms with Crippen LogP contribution in [-0.4, -0.2) is 16.2 Å². The van der Waals surface area contributed by atoms with Gasteiger partial charge in [0, 0.05) is 6.54 Å². The molecule has 1 aliphatic rings. The number of para-hydroxylation sites is 1. The van der Waals surface area contributed by atoms with Crippen LogP contribution in [0.3, 0.4) is 0 Å². The van der Waals surface area contributed by atoms with Crippen molar-refractivity contribution in [3.05, 3.63) is 18.2 Å². The van der Waals surface area contributed by atoms with Crippen molar-refractivity contribution >= 4 is 17.0 Å². The molecule has 1 atom stereocenters. The van der Waals surface area contributed by atoms with Crippen LogP contribution in [0.5, 0.6) is 5.75 Å². The number of rotatable bonds is 4. The monoisotopic (exact) mass is 259 g/mol. The van der Waals surface area contributed by atoms with Gasteiger partial charge in [0.1, 0.15) is 11.3 Å². The molecule has 0 bridgehead atoms. The van der Waals surface area contributed by atoms with Crippen LogP contribution in [0.2, 0.25) is 0 Å². The lowest BCUT2D eigenvalue weighted by Crippen LogP contribution is -2.07. The van der Waals surface area contributed by atoms with E-state index in [0.717, 1.165) is 23.3 Å². The normalized spacial score (nSPS) is 20.7. The Bertz CT molecular complexity index is 615. The molecule has 102 valence electrons. The second-order valence-corrected chi connectivity index (χ2v) is 6.03. The number of nitrogens with zero attached hydrogens (tertiary/aromatic N) is 2. The van der Waals surface area contributed by atoms with Gasteiger partial charge < -0.3 is 15.0 Å². The third kappa shape index (κ3) is 2.05. The molecule has 1 saturated carbocycles. The molecule has 4 heteroatoms.